The lowest BCUT2D eigenvalue weighted by atomic mass is 10.0. The second-order valence-electron chi connectivity index (χ2n) is 16.5. The summed E-state index contributed by atoms with van der Waals surface area (Å²) in [5.74, 6) is 3.15. The molecule has 2 N–H and O–H groups in total. The number of carbonyl (C=O) groups is 2. The predicted octanol–water partition coefficient (Wildman–Crippen LogP) is 10.3. The van der Waals surface area contributed by atoms with E-state index >= 15 is 0 Å². The Morgan fingerprint density at radius 3 is 1.15 bits per heavy atom. The van der Waals surface area contributed by atoms with Gasteiger partial charge < -0.3 is 29.6 Å². The Balaban J connectivity index is 1.74. The Bertz CT molecular complexity index is 1290. The zero-order chi connectivity index (χ0) is 39.0. The molecular weight excluding hydrogens is 652 g/mol. The van der Waals surface area contributed by atoms with Crippen molar-refractivity contribution in [1.82, 2.24) is 10.6 Å². The summed E-state index contributed by atoms with van der Waals surface area (Å²) < 4.78 is 25.3. The van der Waals surface area contributed by atoms with E-state index in [2.05, 4.69) is 106 Å². The molecule has 0 saturated heterocycles. The fraction of sp³-hybridized carbons (Fsp3) is 0.682. The van der Waals surface area contributed by atoms with Crippen molar-refractivity contribution in [1.29, 1.82) is 0 Å². The Morgan fingerprint density at radius 2 is 0.827 bits per heavy atom. The number of aryl methyl sites for hydroxylation is 2. The van der Waals surface area contributed by atoms with Crippen LogP contribution < -0.4 is 29.6 Å². The number of hydrogen-bond acceptors (Lipinski definition) is 6. The van der Waals surface area contributed by atoms with Crippen LogP contribution in [-0.2, 0) is 22.4 Å². The van der Waals surface area contributed by atoms with Crippen molar-refractivity contribution in [3.8, 4) is 23.0 Å². The van der Waals surface area contributed by atoms with Gasteiger partial charge in [0.2, 0.25) is 11.8 Å². The van der Waals surface area contributed by atoms with Crippen LogP contribution in [0.4, 0.5) is 0 Å². The Hall–Kier alpha value is -3.42. The number of benzene rings is 2. The molecule has 0 bridgehead atoms. The van der Waals surface area contributed by atoms with E-state index in [0.29, 0.717) is 13.1 Å². The van der Waals surface area contributed by atoms with E-state index in [1.807, 2.05) is 24.3 Å². The molecule has 0 aromatic heterocycles. The molecule has 8 heteroatoms. The minimum atomic E-state index is -0.284. The summed E-state index contributed by atoms with van der Waals surface area (Å²) in [6.07, 6.45) is 9.12. The number of hydrogen-bond donors (Lipinski definition) is 2. The van der Waals surface area contributed by atoms with Gasteiger partial charge in [0.05, 0.1) is 0 Å². The molecule has 0 heterocycles. The van der Waals surface area contributed by atoms with Gasteiger partial charge >= 0.3 is 0 Å². The molecule has 294 valence electrons. The molecule has 2 rings (SSSR count). The summed E-state index contributed by atoms with van der Waals surface area (Å²) in [4.78, 5) is 24.9. The molecule has 0 spiro atoms. The molecule has 0 atom stereocenters. The summed E-state index contributed by atoms with van der Waals surface area (Å²) in [5.41, 5.74) is 1.21. The van der Waals surface area contributed by atoms with Crippen LogP contribution in [-0.4, -0.2) is 47.3 Å². The van der Waals surface area contributed by atoms with Gasteiger partial charge in [0.1, 0.15) is 45.4 Å². The molecule has 0 aliphatic carbocycles. The highest BCUT2D eigenvalue weighted by molar-refractivity contribution is 5.83. The van der Waals surface area contributed by atoms with Crippen LogP contribution in [0.25, 0.3) is 0 Å². The zero-order valence-corrected chi connectivity index (χ0v) is 34.8. The van der Waals surface area contributed by atoms with E-state index in [0.717, 1.165) is 98.3 Å². The lowest BCUT2D eigenvalue weighted by Gasteiger charge is -2.29. The second kappa shape index (κ2) is 20.7. The Kier molecular flexibility index (Phi) is 17.8. The van der Waals surface area contributed by atoms with Crippen molar-refractivity contribution in [2.75, 3.05) is 13.1 Å². The highest BCUT2D eigenvalue weighted by Crippen LogP contribution is 2.34. The van der Waals surface area contributed by atoms with Gasteiger partial charge in [-0.25, -0.2) is 0 Å². The van der Waals surface area contributed by atoms with E-state index in [9.17, 15) is 9.59 Å². The van der Waals surface area contributed by atoms with Gasteiger partial charge in [0, 0.05) is 38.1 Å². The minimum absolute atomic E-state index is 0.0961. The fourth-order valence-corrected chi connectivity index (χ4v) is 5.06. The molecule has 0 aliphatic heterocycles. The summed E-state index contributed by atoms with van der Waals surface area (Å²) in [7, 11) is 0. The number of carbonyl (C=O) groups excluding carboxylic acids is 2. The SMILES string of the molecule is CCC(C)(C)Oc1ccc(CCCCNC(=O)CCC(=O)NCCCCc2ccc(OC(C)(C)CC)cc2OC(C)(C)CC)c(OC(C)(C)CC)c1. The maximum atomic E-state index is 12.5. The number of rotatable bonds is 25. The predicted molar refractivity (Wildman–Crippen MR) is 214 cm³/mol. The van der Waals surface area contributed by atoms with Gasteiger partial charge in [-0.3, -0.25) is 9.59 Å². The van der Waals surface area contributed by atoms with Gasteiger partial charge in [-0.05, 0) is 143 Å². The third kappa shape index (κ3) is 16.9. The average molecular weight is 725 g/mol. The molecule has 0 aliphatic rings. The third-order valence-electron chi connectivity index (χ3n) is 10.0. The molecule has 2 aromatic rings. The Morgan fingerprint density at radius 1 is 0.500 bits per heavy atom. The average Bonchev–Trinajstić information content (AvgIpc) is 3.08. The van der Waals surface area contributed by atoms with E-state index in [4.69, 9.17) is 18.9 Å². The molecule has 0 radical (unpaired) electrons. The standard InChI is InChI=1S/C44H72N2O6/c1-13-41(5,6)49-35-25-23-33(37(31-35)51-43(9,10)15-3)21-17-19-29-45-39(47)27-28-40(48)46-30-20-18-22-34-24-26-36(50-42(7,8)14-2)32-38(34)52-44(11,12)16-4/h23-26,31-32H,13-22,27-30H2,1-12H3,(H,45,47)(H,46,48). The maximum Gasteiger partial charge on any atom is 0.220 e. The molecule has 8 nitrogen and oxygen atoms in total. The van der Waals surface area contributed by atoms with Crippen LogP contribution in [0.15, 0.2) is 36.4 Å². The highest BCUT2D eigenvalue weighted by atomic mass is 16.5. The third-order valence-corrected chi connectivity index (χ3v) is 10.0. The van der Waals surface area contributed by atoms with Crippen molar-refractivity contribution in [3.05, 3.63) is 47.5 Å². The number of nitrogens with one attached hydrogen (secondary N) is 2. The topological polar surface area (TPSA) is 95.1 Å². The van der Waals surface area contributed by atoms with Crippen molar-refractivity contribution < 1.29 is 28.5 Å². The van der Waals surface area contributed by atoms with Gasteiger partial charge in [-0.2, -0.15) is 0 Å². The highest BCUT2D eigenvalue weighted by Gasteiger charge is 2.23. The lowest BCUT2D eigenvalue weighted by Crippen LogP contribution is -2.29. The van der Waals surface area contributed by atoms with Crippen LogP contribution in [0.5, 0.6) is 23.0 Å². The monoisotopic (exact) mass is 725 g/mol. The molecule has 0 saturated carbocycles. The number of amides is 2. The minimum Gasteiger partial charge on any atom is -0.488 e. The van der Waals surface area contributed by atoms with Gasteiger partial charge in [0.15, 0.2) is 0 Å². The largest absolute Gasteiger partial charge is 0.488 e. The maximum absolute atomic E-state index is 12.5. The zero-order valence-electron chi connectivity index (χ0n) is 34.8. The van der Waals surface area contributed by atoms with Crippen LogP contribution in [0, 0.1) is 0 Å². The quantitative estimate of drug-likeness (QED) is 0.0990. The first kappa shape index (κ1) is 44.7. The van der Waals surface area contributed by atoms with Crippen LogP contribution in [0.1, 0.15) is 158 Å². The molecule has 52 heavy (non-hydrogen) atoms. The van der Waals surface area contributed by atoms with E-state index in [1.165, 1.54) is 0 Å². The number of ether oxygens (including phenoxy) is 4. The van der Waals surface area contributed by atoms with Crippen molar-refractivity contribution in [2.45, 2.75) is 183 Å². The Labute approximate surface area is 316 Å². The van der Waals surface area contributed by atoms with Gasteiger partial charge in [0.25, 0.3) is 0 Å². The normalized spacial score (nSPS) is 12.3. The van der Waals surface area contributed by atoms with E-state index in [1.54, 1.807) is 0 Å². The van der Waals surface area contributed by atoms with Crippen LogP contribution in [0.2, 0.25) is 0 Å². The summed E-state index contributed by atoms with van der Waals surface area (Å²) in [6, 6.07) is 12.3. The lowest BCUT2D eigenvalue weighted by molar-refractivity contribution is -0.126. The molecule has 0 unspecified atom stereocenters. The molecule has 0 fully saturated rings. The van der Waals surface area contributed by atoms with E-state index < -0.39 is 0 Å². The van der Waals surface area contributed by atoms with Crippen molar-refractivity contribution in [3.63, 3.8) is 0 Å². The fourth-order valence-electron chi connectivity index (χ4n) is 5.06. The van der Waals surface area contributed by atoms with E-state index in [-0.39, 0.29) is 47.1 Å². The number of unbranched alkanes of at least 4 members (excludes halogenated alkanes) is 2. The van der Waals surface area contributed by atoms with Crippen LogP contribution in [0.3, 0.4) is 0 Å². The van der Waals surface area contributed by atoms with Crippen molar-refractivity contribution >= 4 is 11.8 Å². The summed E-state index contributed by atoms with van der Waals surface area (Å²) in [6.45, 7) is 26.4. The molecular formula is C44H72N2O6. The molecule has 2 amide bonds. The first-order valence-electron chi connectivity index (χ1n) is 19.9. The first-order chi connectivity index (χ1) is 24.3. The van der Waals surface area contributed by atoms with Gasteiger partial charge in [-0.15, -0.1) is 0 Å². The summed E-state index contributed by atoms with van der Waals surface area (Å²) >= 11 is 0. The second-order valence-corrected chi connectivity index (χ2v) is 16.5. The smallest absolute Gasteiger partial charge is 0.220 e. The van der Waals surface area contributed by atoms with Crippen molar-refractivity contribution in [2.24, 2.45) is 0 Å². The molecule has 2 aromatic carbocycles. The van der Waals surface area contributed by atoms with Gasteiger partial charge in [-0.1, -0.05) is 39.8 Å². The summed E-state index contributed by atoms with van der Waals surface area (Å²) in [5, 5.41) is 5.95. The van der Waals surface area contributed by atoms with Crippen LogP contribution >= 0.6 is 0 Å². The first-order valence-corrected chi connectivity index (χ1v) is 19.9.